The molecule has 0 amide bonds. The third-order valence-electron chi connectivity index (χ3n) is 3.31. The lowest BCUT2D eigenvalue weighted by molar-refractivity contribution is -0.145. The van der Waals surface area contributed by atoms with Crippen molar-refractivity contribution in [1.29, 1.82) is 0 Å². The maximum atomic E-state index is 12.1. The normalized spacial score (nSPS) is 15.9. The predicted molar refractivity (Wildman–Crippen MR) is 65.8 cm³/mol. The minimum Gasteiger partial charge on any atom is -0.481 e. The molecule has 3 heteroatoms. The van der Waals surface area contributed by atoms with Crippen molar-refractivity contribution in [3.05, 3.63) is 35.9 Å². The Morgan fingerprint density at radius 2 is 1.53 bits per heavy atom. The molecule has 0 radical (unpaired) electrons. The van der Waals surface area contributed by atoms with Crippen molar-refractivity contribution >= 4 is 11.8 Å². The standard InChI is InChI=1S/C14H18O3/c1-9(10(2)14(16)17)13(15)11(3)12-7-5-4-6-8-12/h4-11H,1-3H3,(H,16,17). The lowest BCUT2D eigenvalue weighted by atomic mass is 9.83. The van der Waals surface area contributed by atoms with Gasteiger partial charge in [-0.3, -0.25) is 9.59 Å². The Bertz CT molecular complexity index is 397. The highest BCUT2D eigenvalue weighted by atomic mass is 16.4. The Hall–Kier alpha value is -1.64. The summed E-state index contributed by atoms with van der Waals surface area (Å²) in [5.74, 6) is -2.32. The highest BCUT2D eigenvalue weighted by Crippen LogP contribution is 2.23. The van der Waals surface area contributed by atoms with Crippen LogP contribution in [0.5, 0.6) is 0 Å². The molecular formula is C14H18O3. The van der Waals surface area contributed by atoms with Crippen LogP contribution in [-0.2, 0) is 9.59 Å². The smallest absolute Gasteiger partial charge is 0.306 e. The molecule has 0 fully saturated rings. The average molecular weight is 234 g/mol. The van der Waals surface area contributed by atoms with Crippen molar-refractivity contribution in [3.8, 4) is 0 Å². The van der Waals surface area contributed by atoms with Crippen molar-refractivity contribution < 1.29 is 14.7 Å². The van der Waals surface area contributed by atoms with E-state index in [0.717, 1.165) is 5.56 Å². The molecule has 92 valence electrons. The number of Topliss-reactive ketones (excluding diaryl/α,β-unsaturated/α-hetero) is 1. The number of aliphatic carboxylic acids is 1. The highest BCUT2D eigenvalue weighted by molar-refractivity contribution is 5.90. The van der Waals surface area contributed by atoms with E-state index in [1.54, 1.807) is 13.8 Å². The molecule has 0 aliphatic carbocycles. The van der Waals surface area contributed by atoms with Crippen molar-refractivity contribution in [2.24, 2.45) is 11.8 Å². The summed E-state index contributed by atoms with van der Waals surface area (Å²) in [5, 5.41) is 8.90. The molecule has 1 aromatic rings. The fourth-order valence-corrected chi connectivity index (χ4v) is 1.76. The van der Waals surface area contributed by atoms with E-state index < -0.39 is 17.8 Å². The third-order valence-corrected chi connectivity index (χ3v) is 3.31. The van der Waals surface area contributed by atoms with Gasteiger partial charge in [0.15, 0.2) is 0 Å². The number of carbonyl (C=O) groups is 2. The molecule has 1 rings (SSSR count). The van der Waals surface area contributed by atoms with Crippen molar-refractivity contribution in [1.82, 2.24) is 0 Å². The van der Waals surface area contributed by atoms with Gasteiger partial charge in [-0.15, -0.1) is 0 Å². The summed E-state index contributed by atoms with van der Waals surface area (Å²) >= 11 is 0. The van der Waals surface area contributed by atoms with Crippen molar-refractivity contribution in [2.75, 3.05) is 0 Å². The van der Waals surface area contributed by atoms with E-state index >= 15 is 0 Å². The van der Waals surface area contributed by atoms with Crippen LogP contribution in [0.2, 0.25) is 0 Å². The Labute approximate surface area is 101 Å². The average Bonchev–Trinajstić information content (AvgIpc) is 2.36. The zero-order chi connectivity index (χ0) is 13.0. The number of rotatable bonds is 5. The van der Waals surface area contributed by atoms with Crippen molar-refractivity contribution in [2.45, 2.75) is 26.7 Å². The second kappa shape index (κ2) is 5.62. The summed E-state index contributed by atoms with van der Waals surface area (Å²) in [4.78, 5) is 23.0. The second-order valence-corrected chi connectivity index (χ2v) is 4.45. The molecule has 0 saturated heterocycles. The van der Waals surface area contributed by atoms with Crippen LogP contribution in [0.1, 0.15) is 32.3 Å². The van der Waals surface area contributed by atoms with Crippen LogP contribution >= 0.6 is 0 Å². The van der Waals surface area contributed by atoms with Gasteiger partial charge < -0.3 is 5.11 Å². The molecule has 0 heterocycles. The first-order valence-corrected chi connectivity index (χ1v) is 5.76. The molecule has 0 aromatic heterocycles. The highest BCUT2D eigenvalue weighted by Gasteiger charge is 2.29. The fourth-order valence-electron chi connectivity index (χ4n) is 1.76. The number of hydrogen-bond donors (Lipinski definition) is 1. The first kappa shape index (κ1) is 13.4. The van der Waals surface area contributed by atoms with Crippen LogP contribution in [0.25, 0.3) is 0 Å². The summed E-state index contributed by atoms with van der Waals surface area (Å²) < 4.78 is 0. The Morgan fingerprint density at radius 3 is 2.00 bits per heavy atom. The van der Waals surface area contributed by atoms with Crippen molar-refractivity contribution in [3.63, 3.8) is 0 Å². The van der Waals surface area contributed by atoms with E-state index in [0.29, 0.717) is 0 Å². The quantitative estimate of drug-likeness (QED) is 0.852. The van der Waals surface area contributed by atoms with E-state index in [9.17, 15) is 9.59 Å². The SMILES string of the molecule is CC(C(=O)C(C)C(C)C(=O)O)c1ccccc1. The first-order chi connectivity index (χ1) is 7.95. The van der Waals surface area contributed by atoms with Crippen LogP contribution < -0.4 is 0 Å². The molecule has 3 unspecified atom stereocenters. The number of carboxylic acid groups (broad SMARTS) is 1. The van der Waals surface area contributed by atoms with Gasteiger partial charge in [-0.1, -0.05) is 51.1 Å². The lowest BCUT2D eigenvalue weighted by Crippen LogP contribution is -2.28. The number of carboxylic acids is 1. The fraction of sp³-hybridized carbons (Fsp3) is 0.429. The number of benzene rings is 1. The summed E-state index contributed by atoms with van der Waals surface area (Å²) in [6.45, 7) is 5.08. The topological polar surface area (TPSA) is 54.4 Å². The molecule has 0 aliphatic heterocycles. The molecule has 0 saturated carbocycles. The Balaban J connectivity index is 2.80. The minimum absolute atomic E-state index is 0.0221. The zero-order valence-electron chi connectivity index (χ0n) is 10.4. The van der Waals surface area contributed by atoms with Gasteiger partial charge in [0, 0.05) is 11.8 Å². The van der Waals surface area contributed by atoms with Gasteiger partial charge in [-0.05, 0) is 5.56 Å². The van der Waals surface area contributed by atoms with Crippen LogP contribution in [0, 0.1) is 11.8 Å². The molecule has 3 atom stereocenters. The molecular weight excluding hydrogens is 216 g/mol. The first-order valence-electron chi connectivity index (χ1n) is 5.76. The van der Waals surface area contributed by atoms with Crippen LogP contribution in [0.15, 0.2) is 30.3 Å². The van der Waals surface area contributed by atoms with E-state index in [1.807, 2.05) is 37.3 Å². The van der Waals surface area contributed by atoms with E-state index in [4.69, 9.17) is 5.11 Å². The molecule has 0 aliphatic rings. The van der Waals surface area contributed by atoms with Gasteiger partial charge in [0.25, 0.3) is 0 Å². The van der Waals surface area contributed by atoms with Crippen LogP contribution in [-0.4, -0.2) is 16.9 Å². The van der Waals surface area contributed by atoms with Crippen LogP contribution in [0.3, 0.4) is 0 Å². The van der Waals surface area contributed by atoms with Crippen LogP contribution in [0.4, 0.5) is 0 Å². The molecule has 3 nitrogen and oxygen atoms in total. The lowest BCUT2D eigenvalue weighted by Gasteiger charge is -2.19. The predicted octanol–water partition coefficient (Wildman–Crippen LogP) is 2.72. The maximum absolute atomic E-state index is 12.1. The summed E-state index contributed by atoms with van der Waals surface area (Å²) in [5.41, 5.74) is 0.932. The Kier molecular flexibility index (Phi) is 4.44. The largest absolute Gasteiger partial charge is 0.481 e. The Morgan fingerprint density at radius 1 is 1.00 bits per heavy atom. The zero-order valence-corrected chi connectivity index (χ0v) is 10.4. The number of carbonyl (C=O) groups excluding carboxylic acids is 1. The van der Waals surface area contributed by atoms with E-state index in [2.05, 4.69) is 0 Å². The monoisotopic (exact) mass is 234 g/mol. The summed E-state index contributed by atoms with van der Waals surface area (Å²) in [6, 6.07) is 9.43. The number of ketones is 1. The minimum atomic E-state index is -0.925. The third kappa shape index (κ3) is 3.16. The van der Waals surface area contributed by atoms with Gasteiger partial charge in [-0.25, -0.2) is 0 Å². The summed E-state index contributed by atoms with van der Waals surface area (Å²) in [7, 11) is 0. The second-order valence-electron chi connectivity index (χ2n) is 4.45. The van der Waals surface area contributed by atoms with Gasteiger partial charge in [0.1, 0.15) is 5.78 Å². The van der Waals surface area contributed by atoms with E-state index in [1.165, 1.54) is 0 Å². The molecule has 1 N–H and O–H groups in total. The molecule has 1 aromatic carbocycles. The molecule has 0 spiro atoms. The number of hydrogen-bond acceptors (Lipinski definition) is 2. The molecule has 17 heavy (non-hydrogen) atoms. The maximum Gasteiger partial charge on any atom is 0.306 e. The van der Waals surface area contributed by atoms with Gasteiger partial charge in [0.2, 0.25) is 0 Å². The van der Waals surface area contributed by atoms with Gasteiger partial charge in [-0.2, -0.15) is 0 Å². The van der Waals surface area contributed by atoms with Gasteiger partial charge in [0.05, 0.1) is 5.92 Å². The molecule has 0 bridgehead atoms. The van der Waals surface area contributed by atoms with Gasteiger partial charge >= 0.3 is 5.97 Å². The summed E-state index contributed by atoms with van der Waals surface area (Å²) in [6.07, 6.45) is 0. The van der Waals surface area contributed by atoms with E-state index in [-0.39, 0.29) is 11.7 Å².